The van der Waals surface area contributed by atoms with E-state index < -0.39 is 12.0 Å². The van der Waals surface area contributed by atoms with Crippen LogP contribution in [0.3, 0.4) is 0 Å². The first kappa shape index (κ1) is 17.5. The molecule has 0 unspecified atom stereocenters. The first-order valence-corrected chi connectivity index (χ1v) is 7.19. The molecule has 1 atom stereocenters. The highest BCUT2D eigenvalue weighted by molar-refractivity contribution is 5.73. The standard InChI is InChI=1S/C17H27NO3/c1-16(2,3)11-7-10(9-13(18)15(20)21)8-12(14(11)19)17(4,5)6/h7-8,13,19H,9,18H2,1-6H3,(H,20,21)/t13-/m0/s1. The van der Waals surface area contributed by atoms with Crippen LogP contribution >= 0.6 is 0 Å². The summed E-state index contributed by atoms with van der Waals surface area (Å²) < 4.78 is 0. The summed E-state index contributed by atoms with van der Waals surface area (Å²) in [6.07, 6.45) is 0.252. The Labute approximate surface area is 127 Å². The lowest BCUT2D eigenvalue weighted by Crippen LogP contribution is -2.32. The molecule has 0 spiro atoms. The van der Waals surface area contributed by atoms with Gasteiger partial charge in [-0.1, -0.05) is 53.7 Å². The van der Waals surface area contributed by atoms with Gasteiger partial charge in [0, 0.05) is 0 Å². The zero-order valence-electron chi connectivity index (χ0n) is 13.8. The largest absolute Gasteiger partial charge is 0.507 e. The summed E-state index contributed by atoms with van der Waals surface area (Å²) in [5.41, 5.74) is 7.67. The van der Waals surface area contributed by atoms with Crippen molar-refractivity contribution in [1.82, 2.24) is 0 Å². The van der Waals surface area contributed by atoms with Gasteiger partial charge in [-0.2, -0.15) is 0 Å². The highest BCUT2D eigenvalue weighted by atomic mass is 16.4. The van der Waals surface area contributed by atoms with Crippen molar-refractivity contribution in [2.45, 2.75) is 64.8 Å². The number of nitrogens with two attached hydrogens (primary N) is 1. The summed E-state index contributed by atoms with van der Waals surface area (Å²) in [6, 6.07) is 2.80. The molecule has 0 fully saturated rings. The Morgan fingerprint density at radius 2 is 1.48 bits per heavy atom. The first-order chi connectivity index (χ1) is 9.34. The third kappa shape index (κ3) is 4.21. The predicted molar refractivity (Wildman–Crippen MR) is 84.8 cm³/mol. The molecule has 4 heteroatoms. The number of aliphatic carboxylic acids is 1. The molecule has 1 aromatic rings. The van der Waals surface area contributed by atoms with Gasteiger partial charge in [0.05, 0.1) is 0 Å². The molecule has 0 aromatic heterocycles. The van der Waals surface area contributed by atoms with Crippen LogP contribution in [0, 0.1) is 0 Å². The van der Waals surface area contributed by atoms with Crippen molar-refractivity contribution in [2.75, 3.05) is 0 Å². The van der Waals surface area contributed by atoms with E-state index in [4.69, 9.17) is 10.8 Å². The number of hydrogen-bond donors (Lipinski definition) is 3. The van der Waals surface area contributed by atoms with Crippen LogP contribution in [0.4, 0.5) is 0 Å². The topological polar surface area (TPSA) is 83.6 Å². The number of phenols is 1. The molecular formula is C17H27NO3. The Morgan fingerprint density at radius 1 is 1.10 bits per heavy atom. The molecule has 0 saturated heterocycles. The van der Waals surface area contributed by atoms with Crippen molar-refractivity contribution in [3.8, 4) is 5.75 Å². The molecule has 4 N–H and O–H groups in total. The summed E-state index contributed by atoms with van der Waals surface area (Å²) in [5.74, 6) is -0.722. The van der Waals surface area contributed by atoms with Gasteiger partial charge < -0.3 is 15.9 Å². The van der Waals surface area contributed by atoms with Crippen molar-refractivity contribution in [3.05, 3.63) is 28.8 Å². The zero-order valence-corrected chi connectivity index (χ0v) is 13.8. The van der Waals surface area contributed by atoms with Gasteiger partial charge in [0.25, 0.3) is 0 Å². The van der Waals surface area contributed by atoms with Gasteiger partial charge >= 0.3 is 5.97 Å². The van der Waals surface area contributed by atoms with E-state index in [1.54, 1.807) is 0 Å². The monoisotopic (exact) mass is 293 g/mol. The molecule has 0 amide bonds. The van der Waals surface area contributed by atoms with Crippen LogP contribution in [0.2, 0.25) is 0 Å². The van der Waals surface area contributed by atoms with Gasteiger partial charge in [-0.3, -0.25) is 4.79 Å². The van der Waals surface area contributed by atoms with Crippen molar-refractivity contribution < 1.29 is 15.0 Å². The minimum atomic E-state index is -1.02. The molecule has 0 saturated carbocycles. The van der Waals surface area contributed by atoms with Gasteiger partial charge in [0.15, 0.2) is 0 Å². The predicted octanol–water partition coefficient (Wildman–Crippen LogP) is 2.94. The molecule has 1 rings (SSSR count). The highest BCUT2D eigenvalue weighted by Gasteiger charge is 2.27. The SMILES string of the molecule is CC(C)(C)c1cc(C[C@H](N)C(=O)O)cc(C(C)(C)C)c1O. The third-order valence-electron chi connectivity index (χ3n) is 3.56. The van der Waals surface area contributed by atoms with Crippen LogP contribution < -0.4 is 5.73 Å². The summed E-state index contributed by atoms with van der Waals surface area (Å²) in [7, 11) is 0. The Hall–Kier alpha value is -1.55. The number of carbonyl (C=O) groups is 1. The van der Waals surface area contributed by atoms with Crippen LogP contribution in [0.25, 0.3) is 0 Å². The minimum Gasteiger partial charge on any atom is -0.507 e. The molecule has 0 radical (unpaired) electrons. The summed E-state index contributed by atoms with van der Waals surface area (Å²) in [5, 5.41) is 19.6. The fourth-order valence-electron chi connectivity index (χ4n) is 2.30. The summed E-state index contributed by atoms with van der Waals surface area (Å²) in [6.45, 7) is 12.1. The molecule has 0 aliphatic heterocycles. The molecule has 0 bridgehead atoms. The number of rotatable bonds is 3. The maximum atomic E-state index is 11.0. The highest BCUT2D eigenvalue weighted by Crippen LogP contribution is 2.39. The van der Waals surface area contributed by atoms with Crippen molar-refractivity contribution >= 4 is 5.97 Å². The normalized spacial score (nSPS) is 14.0. The molecule has 1 aromatic carbocycles. The van der Waals surface area contributed by atoms with E-state index in [-0.39, 0.29) is 17.3 Å². The number of hydrogen-bond acceptors (Lipinski definition) is 3. The van der Waals surface area contributed by atoms with E-state index in [2.05, 4.69) is 0 Å². The van der Waals surface area contributed by atoms with Gasteiger partial charge in [-0.05, 0) is 33.9 Å². The van der Waals surface area contributed by atoms with Crippen LogP contribution in [0.5, 0.6) is 5.75 Å². The molecule has 4 nitrogen and oxygen atoms in total. The fourth-order valence-corrected chi connectivity index (χ4v) is 2.30. The maximum Gasteiger partial charge on any atom is 0.320 e. The Bertz CT molecular complexity index is 501. The molecule has 21 heavy (non-hydrogen) atoms. The third-order valence-corrected chi connectivity index (χ3v) is 3.56. The van der Waals surface area contributed by atoms with Gasteiger partial charge in [0.2, 0.25) is 0 Å². The van der Waals surface area contributed by atoms with Crippen molar-refractivity contribution in [3.63, 3.8) is 0 Å². The molecule has 0 aliphatic rings. The van der Waals surface area contributed by atoms with Gasteiger partial charge in [-0.15, -0.1) is 0 Å². The smallest absolute Gasteiger partial charge is 0.320 e. The van der Waals surface area contributed by atoms with Crippen LogP contribution in [0.15, 0.2) is 12.1 Å². The van der Waals surface area contributed by atoms with E-state index in [9.17, 15) is 9.90 Å². The average Bonchev–Trinajstić information content (AvgIpc) is 2.27. The van der Waals surface area contributed by atoms with E-state index in [0.717, 1.165) is 16.7 Å². The second-order valence-electron chi connectivity index (χ2n) is 7.69. The Morgan fingerprint density at radius 3 is 1.76 bits per heavy atom. The van der Waals surface area contributed by atoms with E-state index in [1.165, 1.54) is 0 Å². The number of benzene rings is 1. The molecule has 0 heterocycles. The molecule has 118 valence electrons. The fraction of sp³-hybridized carbons (Fsp3) is 0.588. The van der Waals surface area contributed by atoms with Crippen molar-refractivity contribution in [1.29, 1.82) is 0 Å². The van der Waals surface area contributed by atoms with E-state index >= 15 is 0 Å². The van der Waals surface area contributed by atoms with Crippen LogP contribution in [0.1, 0.15) is 58.2 Å². The second kappa shape index (κ2) is 5.68. The Kier molecular flexibility index (Phi) is 4.73. The van der Waals surface area contributed by atoms with Gasteiger partial charge in [-0.25, -0.2) is 0 Å². The van der Waals surface area contributed by atoms with Crippen molar-refractivity contribution in [2.24, 2.45) is 5.73 Å². The second-order valence-corrected chi connectivity index (χ2v) is 7.69. The quantitative estimate of drug-likeness (QED) is 0.800. The summed E-state index contributed by atoms with van der Waals surface area (Å²) >= 11 is 0. The maximum absolute atomic E-state index is 11.0. The average molecular weight is 293 g/mol. The first-order valence-electron chi connectivity index (χ1n) is 7.19. The van der Waals surface area contributed by atoms with Gasteiger partial charge in [0.1, 0.15) is 11.8 Å². The summed E-state index contributed by atoms with van der Waals surface area (Å²) in [4.78, 5) is 11.0. The van der Waals surface area contributed by atoms with Crippen LogP contribution in [-0.2, 0) is 22.0 Å². The minimum absolute atomic E-state index is 0.229. The number of aromatic hydroxyl groups is 1. The molecular weight excluding hydrogens is 266 g/mol. The van der Waals surface area contributed by atoms with E-state index in [0.29, 0.717) is 5.75 Å². The number of carboxylic acid groups (broad SMARTS) is 1. The Balaban J connectivity index is 3.44. The number of carboxylic acids is 1. The van der Waals surface area contributed by atoms with E-state index in [1.807, 2.05) is 53.7 Å². The lowest BCUT2D eigenvalue weighted by Gasteiger charge is -2.28. The lowest BCUT2D eigenvalue weighted by atomic mass is 9.78. The molecule has 0 aliphatic carbocycles. The lowest BCUT2D eigenvalue weighted by molar-refractivity contribution is -0.138. The van der Waals surface area contributed by atoms with Crippen LogP contribution in [-0.4, -0.2) is 22.2 Å². The number of phenolic OH excluding ortho intramolecular Hbond substituents is 1. The zero-order chi connectivity index (χ0) is 16.6.